The van der Waals surface area contributed by atoms with Gasteiger partial charge in [0, 0.05) is 11.8 Å². The topological polar surface area (TPSA) is 132 Å². The molecule has 0 atom stereocenters. The molecule has 0 radical (unpaired) electrons. The first kappa shape index (κ1) is 23.5. The van der Waals surface area contributed by atoms with Gasteiger partial charge >= 0.3 is 0 Å². The molecule has 0 spiro atoms. The fraction of sp³-hybridized carbons (Fsp3) is 0.136. The molecule has 10 nitrogen and oxygen atoms in total. The summed E-state index contributed by atoms with van der Waals surface area (Å²) in [6.07, 6.45) is 0. The van der Waals surface area contributed by atoms with Crippen molar-refractivity contribution < 1.29 is 22.8 Å². The lowest BCUT2D eigenvalue weighted by Gasteiger charge is -2.10. The molecule has 0 amide bonds. The highest BCUT2D eigenvalue weighted by molar-refractivity contribution is 7.92. The van der Waals surface area contributed by atoms with Crippen molar-refractivity contribution in [2.45, 2.75) is 11.8 Å². The minimum absolute atomic E-state index is 0.0521. The molecule has 0 aromatic heterocycles. The van der Waals surface area contributed by atoms with E-state index in [4.69, 9.17) is 9.47 Å². The van der Waals surface area contributed by atoms with Gasteiger partial charge in [-0.1, -0.05) is 0 Å². The van der Waals surface area contributed by atoms with Gasteiger partial charge in [0.05, 0.1) is 29.8 Å². The van der Waals surface area contributed by atoms with Gasteiger partial charge in [-0.25, -0.2) is 8.42 Å². The second kappa shape index (κ2) is 10.0. The summed E-state index contributed by atoms with van der Waals surface area (Å²) in [7, 11) is -0.998. The molecule has 2 N–H and O–H groups in total. The van der Waals surface area contributed by atoms with Crippen LogP contribution < -0.4 is 19.6 Å². The van der Waals surface area contributed by atoms with E-state index in [0.29, 0.717) is 22.9 Å². The van der Waals surface area contributed by atoms with Gasteiger partial charge in [0.25, 0.3) is 15.7 Å². The Hall–Kier alpha value is -4.12. The van der Waals surface area contributed by atoms with Gasteiger partial charge in [-0.2, -0.15) is 5.10 Å². The predicted octanol–water partition coefficient (Wildman–Crippen LogP) is 4.25. The summed E-state index contributed by atoms with van der Waals surface area (Å²) in [5, 5.41) is 15.8. The SMILES string of the molecule is COc1ccc(NS(=O)(=O)c2ccc(NN=C(C)c3ccc(OC)cc3)c([N+](=O)[O-])c2)cc1. The van der Waals surface area contributed by atoms with Crippen molar-refractivity contribution in [1.82, 2.24) is 0 Å². The predicted molar refractivity (Wildman–Crippen MR) is 126 cm³/mol. The maximum atomic E-state index is 12.7. The van der Waals surface area contributed by atoms with Gasteiger partial charge in [-0.15, -0.1) is 0 Å². The van der Waals surface area contributed by atoms with Gasteiger partial charge in [-0.05, 0) is 73.2 Å². The number of hydrogen-bond acceptors (Lipinski definition) is 8. The molecule has 0 fully saturated rings. The third-order valence-electron chi connectivity index (χ3n) is 4.67. The Morgan fingerprint density at radius 3 is 2.06 bits per heavy atom. The molecule has 3 rings (SSSR count). The smallest absolute Gasteiger partial charge is 0.295 e. The number of anilines is 2. The molecule has 0 aliphatic carbocycles. The van der Waals surface area contributed by atoms with Crippen molar-refractivity contribution in [3.63, 3.8) is 0 Å². The summed E-state index contributed by atoms with van der Waals surface area (Å²) < 4.78 is 38.0. The summed E-state index contributed by atoms with van der Waals surface area (Å²) in [6, 6.07) is 16.9. The lowest BCUT2D eigenvalue weighted by atomic mass is 10.1. The van der Waals surface area contributed by atoms with Crippen LogP contribution >= 0.6 is 0 Å². The number of nitrogens with zero attached hydrogens (tertiary/aromatic N) is 2. The zero-order valence-electron chi connectivity index (χ0n) is 18.1. The molecule has 0 heterocycles. The quantitative estimate of drug-likeness (QED) is 0.271. The lowest BCUT2D eigenvalue weighted by molar-refractivity contribution is -0.384. The van der Waals surface area contributed by atoms with Crippen molar-refractivity contribution in [2.24, 2.45) is 5.10 Å². The first-order chi connectivity index (χ1) is 15.7. The Morgan fingerprint density at radius 2 is 1.52 bits per heavy atom. The Bertz CT molecular complexity index is 1270. The lowest BCUT2D eigenvalue weighted by Crippen LogP contribution is -2.13. The highest BCUT2D eigenvalue weighted by atomic mass is 32.2. The maximum absolute atomic E-state index is 12.7. The molecule has 0 bridgehead atoms. The van der Waals surface area contributed by atoms with Gasteiger partial charge in [0.2, 0.25) is 0 Å². The molecule has 172 valence electrons. The van der Waals surface area contributed by atoms with Gasteiger partial charge in [0.1, 0.15) is 17.2 Å². The second-order valence-corrected chi connectivity index (χ2v) is 8.49. The van der Waals surface area contributed by atoms with Crippen LogP contribution in [0.15, 0.2) is 76.7 Å². The fourth-order valence-electron chi connectivity index (χ4n) is 2.84. The molecule has 0 aliphatic heterocycles. The minimum Gasteiger partial charge on any atom is -0.497 e. The van der Waals surface area contributed by atoms with Crippen LogP contribution in [0.4, 0.5) is 17.1 Å². The highest BCUT2D eigenvalue weighted by Crippen LogP contribution is 2.29. The number of benzene rings is 3. The van der Waals surface area contributed by atoms with Crippen molar-refractivity contribution in [3.8, 4) is 11.5 Å². The molecular formula is C22H22N4O6S. The number of hydrogen-bond donors (Lipinski definition) is 2. The second-order valence-electron chi connectivity index (χ2n) is 6.81. The minimum atomic E-state index is -4.06. The van der Waals surface area contributed by atoms with E-state index in [1.807, 2.05) is 0 Å². The van der Waals surface area contributed by atoms with Crippen molar-refractivity contribution in [1.29, 1.82) is 0 Å². The number of nitro groups is 1. The molecule has 0 saturated heterocycles. The molecule has 0 aliphatic rings. The van der Waals surface area contributed by atoms with Crippen LogP contribution in [0.25, 0.3) is 0 Å². The Balaban J connectivity index is 1.83. The Morgan fingerprint density at radius 1 is 0.939 bits per heavy atom. The largest absolute Gasteiger partial charge is 0.497 e. The first-order valence-electron chi connectivity index (χ1n) is 9.63. The first-order valence-corrected chi connectivity index (χ1v) is 11.1. The number of hydrazone groups is 1. The molecule has 3 aromatic carbocycles. The standard InChI is InChI=1S/C22H22N4O6S/c1-15(16-4-8-18(31-2)9-5-16)23-24-21-13-12-20(14-22(21)26(27)28)33(29,30)25-17-6-10-19(32-3)11-7-17/h4-14,24-25H,1-3H3. The van der Waals surface area contributed by atoms with Gasteiger partial charge < -0.3 is 9.47 Å². The summed E-state index contributed by atoms with van der Waals surface area (Å²) >= 11 is 0. The van der Waals surface area contributed by atoms with E-state index in [9.17, 15) is 18.5 Å². The zero-order chi connectivity index (χ0) is 24.0. The van der Waals surface area contributed by atoms with Crippen LogP contribution in [0.3, 0.4) is 0 Å². The molecule has 11 heteroatoms. The molecular weight excluding hydrogens is 448 g/mol. The van der Waals surface area contributed by atoms with E-state index < -0.39 is 20.6 Å². The average Bonchev–Trinajstić information content (AvgIpc) is 2.82. The molecule has 0 unspecified atom stereocenters. The van der Waals surface area contributed by atoms with Crippen molar-refractivity contribution in [2.75, 3.05) is 24.4 Å². The van der Waals surface area contributed by atoms with E-state index in [0.717, 1.165) is 11.6 Å². The fourth-order valence-corrected chi connectivity index (χ4v) is 3.92. The summed E-state index contributed by atoms with van der Waals surface area (Å²) in [6.45, 7) is 1.73. The van der Waals surface area contributed by atoms with Crippen LogP contribution in [0.5, 0.6) is 11.5 Å². The number of nitro benzene ring substituents is 1. The van der Waals surface area contributed by atoms with Crippen molar-refractivity contribution in [3.05, 3.63) is 82.4 Å². The summed E-state index contributed by atoms with van der Waals surface area (Å²) in [5.74, 6) is 1.25. The third-order valence-corrected chi connectivity index (χ3v) is 6.05. The van der Waals surface area contributed by atoms with Crippen molar-refractivity contribution >= 4 is 32.8 Å². The normalized spacial score (nSPS) is 11.5. The van der Waals surface area contributed by atoms with E-state index in [1.165, 1.54) is 31.4 Å². The molecule has 0 saturated carbocycles. The van der Waals surface area contributed by atoms with Crippen LogP contribution in [0.1, 0.15) is 12.5 Å². The van der Waals surface area contributed by atoms with Crippen LogP contribution in [-0.4, -0.2) is 33.3 Å². The Labute approximate surface area is 191 Å². The molecule has 3 aromatic rings. The third kappa shape index (κ3) is 5.77. The van der Waals surface area contributed by atoms with Gasteiger partial charge in [-0.3, -0.25) is 20.3 Å². The van der Waals surface area contributed by atoms with Gasteiger partial charge in [0.15, 0.2) is 0 Å². The van der Waals surface area contributed by atoms with E-state index in [1.54, 1.807) is 50.4 Å². The molecule has 33 heavy (non-hydrogen) atoms. The van der Waals surface area contributed by atoms with E-state index in [2.05, 4.69) is 15.2 Å². The number of rotatable bonds is 9. The number of nitrogens with one attached hydrogen (secondary N) is 2. The number of methoxy groups -OCH3 is 2. The van der Waals surface area contributed by atoms with E-state index in [-0.39, 0.29) is 10.6 Å². The van der Waals surface area contributed by atoms with Crippen LogP contribution in [-0.2, 0) is 10.0 Å². The van der Waals surface area contributed by atoms with Crippen LogP contribution in [0.2, 0.25) is 0 Å². The Kier molecular flexibility index (Phi) is 7.13. The number of ether oxygens (including phenoxy) is 2. The zero-order valence-corrected chi connectivity index (χ0v) is 18.9. The number of sulfonamides is 1. The highest BCUT2D eigenvalue weighted by Gasteiger charge is 2.22. The summed E-state index contributed by atoms with van der Waals surface area (Å²) in [4.78, 5) is 10.7. The maximum Gasteiger partial charge on any atom is 0.295 e. The average molecular weight is 471 g/mol. The van der Waals surface area contributed by atoms with Crippen LogP contribution in [0, 0.1) is 10.1 Å². The summed E-state index contributed by atoms with van der Waals surface area (Å²) in [5.41, 5.74) is 3.92. The van der Waals surface area contributed by atoms with E-state index >= 15 is 0 Å². The monoisotopic (exact) mass is 470 g/mol.